The van der Waals surface area contributed by atoms with Gasteiger partial charge in [-0.25, -0.2) is 17.6 Å². The maximum Gasteiger partial charge on any atom is 0.337 e. The molecule has 0 saturated heterocycles. The third kappa shape index (κ3) is 4.89. The van der Waals surface area contributed by atoms with Gasteiger partial charge in [-0.15, -0.1) is 0 Å². The highest BCUT2D eigenvalue weighted by Gasteiger charge is 2.20. The molecule has 0 spiro atoms. The van der Waals surface area contributed by atoms with E-state index < -0.39 is 21.8 Å². The molecule has 3 aromatic carbocycles. The fourth-order valence-corrected chi connectivity index (χ4v) is 4.04. The first-order chi connectivity index (χ1) is 14.7. The second-order valence-corrected chi connectivity index (χ2v) is 8.19. The molecule has 0 aliphatic rings. The number of nitrogens with one attached hydrogen (secondary N) is 1. The summed E-state index contributed by atoms with van der Waals surface area (Å²) >= 11 is 0. The first-order valence-electron chi connectivity index (χ1n) is 9.25. The molecular weight excluding hydrogens is 423 g/mol. The van der Waals surface area contributed by atoms with E-state index in [1.54, 1.807) is 6.92 Å². The maximum absolute atomic E-state index is 13.2. The highest BCUT2D eigenvalue weighted by molar-refractivity contribution is 7.92. The number of hydrogen-bond acceptors (Lipinski definition) is 4. The molecule has 0 aliphatic heterocycles. The molecule has 0 bridgehead atoms. The molecule has 0 radical (unpaired) electrons. The molecule has 9 heteroatoms. The molecule has 160 valence electrons. The molecule has 0 heterocycles. The van der Waals surface area contributed by atoms with Crippen molar-refractivity contribution >= 4 is 33.3 Å². The molecule has 2 N–H and O–H groups in total. The van der Waals surface area contributed by atoms with Crippen LogP contribution in [0.25, 0.3) is 0 Å². The fourth-order valence-electron chi connectivity index (χ4n) is 2.96. The van der Waals surface area contributed by atoms with Gasteiger partial charge in [-0.05, 0) is 67.6 Å². The van der Waals surface area contributed by atoms with Crippen molar-refractivity contribution in [2.24, 2.45) is 0 Å². The van der Waals surface area contributed by atoms with E-state index in [2.05, 4.69) is 4.72 Å². The van der Waals surface area contributed by atoms with Crippen LogP contribution in [0.3, 0.4) is 0 Å². The number of benzene rings is 3. The molecule has 3 aromatic rings. The van der Waals surface area contributed by atoms with Crippen LogP contribution in [0, 0.1) is 5.82 Å². The van der Waals surface area contributed by atoms with Gasteiger partial charge >= 0.3 is 5.97 Å². The standard InChI is InChI=1S/C22H19FN2O5S/c1-2-25(17-11-9-16(23)10-12-17)21(26)15-7-13-18(14-8-15)31(29,30)24-20-6-4-3-5-19(20)22(27)28/h3-14,24H,2H2,1H3,(H,27,28). The van der Waals surface area contributed by atoms with Gasteiger partial charge in [0, 0.05) is 17.8 Å². The molecule has 1 amide bonds. The number of carbonyl (C=O) groups is 2. The topological polar surface area (TPSA) is 104 Å². The molecule has 0 fully saturated rings. The lowest BCUT2D eigenvalue weighted by Gasteiger charge is -2.21. The highest BCUT2D eigenvalue weighted by atomic mass is 32.2. The van der Waals surface area contributed by atoms with Crippen LogP contribution in [0.4, 0.5) is 15.8 Å². The Bertz CT molecular complexity index is 1210. The largest absolute Gasteiger partial charge is 0.478 e. The minimum Gasteiger partial charge on any atom is -0.478 e. The molecule has 31 heavy (non-hydrogen) atoms. The summed E-state index contributed by atoms with van der Waals surface area (Å²) < 4.78 is 40.8. The number of nitrogens with zero attached hydrogens (tertiary/aromatic N) is 1. The SMILES string of the molecule is CCN(C(=O)c1ccc(S(=O)(=O)Nc2ccccc2C(=O)O)cc1)c1ccc(F)cc1. The minimum atomic E-state index is -4.07. The lowest BCUT2D eigenvalue weighted by Crippen LogP contribution is -2.30. The van der Waals surface area contributed by atoms with Gasteiger partial charge in [0.15, 0.2) is 0 Å². The van der Waals surface area contributed by atoms with Crippen LogP contribution < -0.4 is 9.62 Å². The number of anilines is 2. The van der Waals surface area contributed by atoms with E-state index in [4.69, 9.17) is 0 Å². The number of rotatable bonds is 7. The van der Waals surface area contributed by atoms with Gasteiger partial charge in [-0.3, -0.25) is 9.52 Å². The van der Waals surface area contributed by atoms with Crippen LogP contribution in [0.1, 0.15) is 27.6 Å². The summed E-state index contributed by atoms with van der Waals surface area (Å²) in [4.78, 5) is 25.4. The normalized spacial score (nSPS) is 11.0. The van der Waals surface area contributed by atoms with Gasteiger partial charge in [-0.2, -0.15) is 0 Å². The van der Waals surface area contributed by atoms with E-state index >= 15 is 0 Å². The fraction of sp³-hybridized carbons (Fsp3) is 0.0909. The highest BCUT2D eigenvalue weighted by Crippen LogP contribution is 2.22. The molecule has 0 unspecified atom stereocenters. The predicted octanol–water partition coefficient (Wildman–Crippen LogP) is 3.99. The Hall–Kier alpha value is -3.72. The van der Waals surface area contributed by atoms with Gasteiger partial charge in [-0.1, -0.05) is 12.1 Å². The monoisotopic (exact) mass is 442 g/mol. The molecule has 0 aliphatic carbocycles. The summed E-state index contributed by atoms with van der Waals surface area (Å²) in [6.45, 7) is 2.10. The van der Waals surface area contributed by atoms with Gasteiger partial charge in [0.25, 0.3) is 15.9 Å². The number of halogens is 1. The van der Waals surface area contributed by atoms with E-state index in [1.165, 1.54) is 77.7 Å². The van der Waals surface area contributed by atoms with Gasteiger partial charge in [0.05, 0.1) is 16.1 Å². The van der Waals surface area contributed by atoms with Crippen molar-refractivity contribution < 1.29 is 27.5 Å². The smallest absolute Gasteiger partial charge is 0.337 e. The number of carboxylic acid groups (broad SMARTS) is 1. The number of sulfonamides is 1. The van der Waals surface area contributed by atoms with Crippen molar-refractivity contribution in [2.45, 2.75) is 11.8 Å². The molecule has 0 saturated carbocycles. The quantitative estimate of drug-likeness (QED) is 0.576. The van der Waals surface area contributed by atoms with E-state index in [9.17, 15) is 27.5 Å². The second kappa shape index (κ2) is 8.97. The predicted molar refractivity (Wildman–Crippen MR) is 114 cm³/mol. The first kappa shape index (κ1) is 22.0. The zero-order chi connectivity index (χ0) is 22.6. The minimum absolute atomic E-state index is 0.0661. The summed E-state index contributed by atoms with van der Waals surface area (Å²) in [6, 6.07) is 16.4. The van der Waals surface area contributed by atoms with Crippen LogP contribution in [-0.2, 0) is 10.0 Å². The first-order valence-corrected chi connectivity index (χ1v) is 10.7. The van der Waals surface area contributed by atoms with Crippen molar-refractivity contribution in [3.05, 3.63) is 89.7 Å². The molecule has 7 nitrogen and oxygen atoms in total. The number of para-hydroxylation sites is 1. The van der Waals surface area contributed by atoms with Crippen molar-refractivity contribution in [1.82, 2.24) is 0 Å². The van der Waals surface area contributed by atoms with E-state index in [-0.39, 0.29) is 27.6 Å². The number of aromatic carboxylic acids is 1. The summed E-state index contributed by atoms with van der Waals surface area (Å²) in [5.41, 5.74) is 0.507. The molecule has 0 atom stereocenters. The van der Waals surface area contributed by atoms with Crippen molar-refractivity contribution in [3.8, 4) is 0 Å². The van der Waals surface area contributed by atoms with Crippen LogP contribution in [0.2, 0.25) is 0 Å². The van der Waals surface area contributed by atoms with Crippen LogP contribution in [0.5, 0.6) is 0 Å². The zero-order valence-electron chi connectivity index (χ0n) is 16.4. The van der Waals surface area contributed by atoms with Gasteiger partial charge < -0.3 is 10.0 Å². The molecule has 0 aromatic heterocycles. The Morgan fingerprint density at radius 3 is 2.16 bits per heavy atom. The third-order valence-electron chi connectivity index (χ3n) is 4.51. The number of carboxylic acids is 1. The van der Waals surface area contributed by atoms with E-state index in [1.807, 2.05) is 0 Å². The molecule has 3 rings (SSSR count). The summed E-state index contributed by atoms with van der Waals surface area (Å²) in [5.74, 6) is -2.05. The summed E-state index contributed by atoms with van der Waals surface area (Å²) in [7, 11) is -4.07. The van der Waals surface area contributed by atoms with Gasteiger partial charge in [0.2, 0.25) is 0 Å². The lowest BCUT2D eigenvalue weighted by atomic mass is 10.2. The average Bonchev–Trinajstić information content (AvgIpc) is 2.75. The van der Waals surface area contributed by atoms with E-state index in [0.29, 0.717) is 12.2 Å². The number of hydrogen-bond donors (Lipinski definition) is 2. The lowest BCUT2D eigenvalue weighted by molar-refractivity contribution is 0.0697. The Morgan fingerprint density at radius 2 is 1.58 bits per heavy atom. The van der Waals surface area contributed by atoms with Crippen molar-refractivity contribution in [1.29, 1.82) is 0 Å². The Morgan fingerprint density at radius 1 is 0.968 bits per heavy atom. The average molecular weight is 442 g/mol. The zero-order valence-corrected chi connectivity index (χ0v) is 17.3. The van der Waals surface area contributed by atoms with Crippen LogP contribution in [-0.4, -0.2) is 31.9 Å². The Labute approximate surface area is 178 Å². The van der Waals surface area contributed by atoms with Gasteiger partial charge in [0.1, 0.15) is 5.82 Å². The summed E-state index contributed by atoms with van der Waals surface area (Å²) in [5, 5.41) is 9.22. The Kier molecular flexibility index (Phi) is 6.36. The number of carbonyl (C=O) groups excluding carboxylic acids is 1. The molecular formula is C22H19FN2O5S. The van der Waals surface area contributed by atoms with E-state index in [0.717, 1.165) is 0 Å². The Balaban J connectivity index is 1.84. The van der Waals surface area contributed by atoms with Crippen molar-refractivity contribution in [3.63, 3.8) is 0 Å². The van der Waals surface area contributed by atoms with Crippen molar-refractivity contribution in [2.75, 3.05) is 16.2 Å². The third-order valence-corrected chi connectivity index (χ3v) is 5.89. The summed E-state index contributed by atoms with van der Waals surface area (Å²) in [6.07, 6.45) is 0. The number of amides is 1. The maximum atomic E-state index is 13.2. The second-order valence-electron chi connectivity index (χ2n) is 6.51. The van der Waals surface area contributed by atoms with Crippen LogP contribution >= 0.6 is 0 Å². The van der Waals surface area contributed by atoms with Crippen LogP contribution in [0.15, 0.2) is 77.7 Å².